The Labute approximate surface area is 110 Å². The van der Waals surface area contributed by atoms with Gasteiger partial charge in [-0.3, -0.25) is 5.41 Å². The summed E-state index contributed by atoms with van der Waals surface area (Å²) in [4.78, 5) is 0. The standard InChI is InChI=1S/C13H15FN4O/c1-8-11(12(19)18(17-8)13(15)16)7-4-9-2-5-10(14)6-3-9/h2-3,5-6,19H,4,7H2,1H3,(H3,15,16). The van der Waals surface area contributed by atoms with Crippen LogP contribution in [0.5, 0.6) is 5.88 Å². The second kappa shape index (κ2) is 5.09. The minimum absolute atomic E-state index is 0.105. The number of nitrogens with zero attached hydrogens (tertiary/aromatic N) is 2. The summed E-state index contributed by atoms with van der Waals surface area (Å²) in [5.41, 5.74) is 7.56. The van der Waals surface area contributed by atoms with E-state index >= 15 is 0 Å². The van der Waals surface area contributed by atoms with Crippen LogP contribution in [0, 0.1) is 18.2 Å². The van der Waals surface area contributed by atoms with Crippen LogP contribution in [0.4, 0.5) is 4.39 Å². The molecule has 1 aromatic heterocycles. The van der Waals surface area contributed by atoms with Crippen LogP contribution < -0.4 is 5.73 Å². The summed E-state index contributed by atoms with van der Waals surface area (Å²) >= 11 is 0. The van der Waals surface area contributed by atoms with Crippen molar-refractivity contribution in [2.24, 2.45) is 5.73 Å². The number of aryl methyl sites for hydroxylation is 2. The zero-order valence-corrected chi connectivity index (χ0v) is 10.5. The van der Waals surface area contributed by atoms with Crippen LogP contribution in [0.1, 0.15) is 16.8 Å². The van der Waals surface area contributed by atoms with Crippen molar-refractivity contribution in [2.45, 2.75) is 19.8 Å². The summed E-state index contributed by atoms with van der Waals surface area (Å²) in [6.07, 6.45) is 1.20. The fraction of sp³-hybridized carbons (Fsp3) is 0.231. The molecule has 1 heterocycles. The van der Waals surface area contributed by atoms with Crippen LogP contribution in [0.15, 0.2) is 24.3 Å². The fourth-order valence-corrected chi connectivity index (χ4v) is 1.93. The quantitative estimate of drug-likeness (QED) is 0.579. The van der Waals surface area contributed by atoms with Gasteiger partial charge in [-0.2, -0.15) is 9.78 Å². The molecule has 2 aromatic rings. The number of nitrogens with two attached hydrogens (primary N) is 1. The van der Waals surface area contributed by atoms with Crippen molar-refractivity contribution in [3.63, 3.8) is 0 Å². The Hall–Kier alpha value is -2.37. The van der Waals surface area contributed by atoms with Gasteiger partial charge >= 0.3 is 0 Å². The highest BCUT2D eigenvalue weighted by Crippen LogP contribution is 2.22. The molecule has 0 saturated carbocycles. The molecule has 100 valence electrons. The molecule has 0 spiro atoms. The molecule has 0 saturated heterocycles. The zero-order valence-electron chi connectivity index (χ0n) is 10.5. The largest absolute Gasteiger partial charge is 0.493 e. The van der Waals surface area contributed by atoms with Crippen LogP contribution in [0.2, 0.25) is 0 Å². The van der Waals surface area contributed by atoms with Crippen molar-refractivity contribution < 1.29 is 9.50 Å². The van der Waals surface area contributed by atoms with E-state index in [9.17, 15) is 9.50 Å². The van der Waals surface area contributed by atoms with E-state index in [4.69, 9.17) is 11.1 Å². The van der Waals surface area contributed by atoms with Gasteiger partial charge < -0.3 is 10.8 Å². The molecule has 5 nitrogen and oxygen atoms in total. The second-order valence-electron chi connectivity index (χ2n) is 4.31. The molecule has 0 aliphatic rings. The lowest BCUT2D eigenvalue weighted by Crippen LogP contribution is -2.21. The normalized spacial score (nSPS) is 10.6. The molecule has 4 N–H and O–H groups in total. The Morgan fingerprint density at radius 1 is 1.37 bits per heavy atom. The van der Waals surface area contributed by atoms with E-state index in [1.807, 2.05) is 0 Å². The minimum Gasteiger partial charge on any atom is -0.493 e. The van der Waals surface area contributed by atoms with Gasteiger partial charge in [0.2, 0.25) is 11.8 Å². The van der Waals surface area contributed by atoms with Crippen molar-refractivity contribution in [2.75, 3.05) is 0 Å². The number of benzene rings is 1. The third-order valence-corrected chi connectivity index (χ3v) is 2.96. The van der Waals surface area contributed by atoms with E-state index in [1.54, 1.807) is 19.1 Å². The summed E-state index contributed by atoms with van der Waals surface area (Å²) in [6.45, 7) is 1.75. The van der Waals surface area contributed by atoms with Gasteiger partial charge in [0.1, 0.15) is 5.82 Å². The summed E-state index contributed by atoms with van der Waals surface area (Å²) in [7, 11) is 0. The minimum atomic E-state index is -0.325. The first-order valence-electron chi connectivity index (χ1n) is 5.85. The topological polar surface area (TPSA) is 87.9 Å². The van der Waals surface area contributed by atoms with E-state index in [0.717, 1.165) is 10.2 Å². The summed E-state index contributed by atoms with van der Waals surface area (Å²) in [6, 6.07) is 6.22. The fourth-order valence-electron chi connectivity index (χ4n) is 1.93. The summed E-state index contributed by atoms with van der Waals surface area (Å²) < 4.78 is 13.8. The van der Waals surface area contributed by atoms with E-state index in [0.29, 0.717) is 24.1 Å². The molecule has 0 aliphatic heterocycles. The van der Waals surface area contributed by atoms with Crippen molar-refractivity contribution >= 4 is 5.96 Å². The van der Waals surface area contributed by atoms with Gasteiger partial charge in [-0.15, -0.1) is 0 Å². The molecule has 0 atom stereocenters. The number of nitrogens with one attached hydrogen (secondary N) is 1. The summed E-state index contributed by atoms with van der Waals surface area (Å²) in [5.74, 6) is -0.701. The maximum Gasteiger partial charge on any atom is 0.220 e. The molecule has 0 unspecified atom stereocenters. The third-order valence-electron chi connectivity index (χ3n) is 2.96. The Kier molecular flexibility index (Phi) is 3.50. The number of hydrogen-bond acceptors (Lipinski definition) is 3. The first-order valence-corrected chi connectivity index (χ1v) is 5.85. The van der Waals surface area contributed by atoms with Crippen molar-refractivity contribution in [1.29, 1.82) is 5.41 Å². The molecule has 0 amide bonds. The maximum absolute atomic E-state index is 12.8. The molecule has 0 fully saturated rings. The van der Waals surface area contributed by atoms with Gasteiger partial charge in [0, 0.05) is 5.56 Å². The molecule has 0 radical (unpaired) electrons. The van der Waals surface area contributed by atoms with Crippen LogP contribution in [0.3, 0.4) is 0 Å². The van der Waals surface area contributed by atoms with Crippen molar-refractivity contribution in [3.05, 3.63) is 46.9 Å². The number of aromatic hydroxyl groups is 1. The molecule has 19 heavy (non-hydrogen) atoms. The smallest absolute Gasteiger partial charge is 0.220 e. The van der Waals surface area contributed by atoms with Gasteiger partial charge in [-0.1, -0.05) is 12.1 Å². The van der Waals surface area contributed by atoms with Crippen LogP contribution in [-0.4, -0.2) is 20.8 Å². The SMILES string of the molecule is Cc1nn(C(=N)N)c(O)c1CCc1ccc(F)cc1. The predicted molar refractivity (Wildman–Crippen MR) is 69.7 cm³/mol. The molecular formula is C13H15FN4O. The molecule has 0 bridgehead atoms. The Morgan fingerprint density at radius 3 is 2.53 bits per heavy atom. The third kappa shape index (κ3) is 2.73. The number of rotatable bonds is 3. The summed E-state index contributed by atoms with van der Waals surface area (Å²) in [5, 5.41) is 21.2. The van der Waals surface area contributed by atoms with Crippen molar-refractivity contribution in [1.82, 2.24) is 9.78 Å². The van der Waals surface area contributed by atoms with E-state index in [2.05, 4.69) is 5.10 Å². The van der Waals surface area contributed by atoms with Gasteiger partial charge in [0.15, 0.2) is 0 Å². The van der Waals surface area contributed by atoms with E-state index in [-0.39, 0.29) is 17.7 Å². The first kappa shape index (κ1) is 13.1. The van der Waals surface area contributed by atoms with Crippen LogP contribution >= 0.6 is 0 Å². The number of aromatic nitrogens is 2. The molecule has 0 aliphatic carbocycles. The average Bonchev–Trinajstić information content (AvgIpc) is 2.65. The monoisotopic (exact) mass is 262 g/mol. The van der Waals surface area contributed by atoms with E-state index < -0.39 is 0 Å². The van der Waals surface area contributed by atoms with Crippen LogP contribution in [0.25, 0.3) is 0 Å². The van der Waals surface area contributed by atoms with Gasteiger partial charge in [0.25, 0.3) is 0 Å². The Morgan fingerprint density at radius 2 is 2.00 bits per heavy atom. The van der Waals surface area contributed by atoms with Crippen molar-refractivity contribution in [3.8, 4) is 5.88 Å². The molecular weight excluding hydrogens is 247 g/mol. The Balaban J connectivity index is 2.15. The second-order valence-corrected chi connectivity index (χ2v) is 4.31. The molecule has 6 heteroatoms. The lowest BCUT2D eigenvalue weighted by Gasteiger charge is -2.02. The van der Waals surface area contributed by atoms with Gasteiger partial charge in [0.05, 0.1) is 5.69 Å². The predicted octanol–water partition coefficient (Wildman–Crippen LogP) is 1.56. The zero-order chi connectivity index (χ0) is 14.0. The molecule has 1 aromatic carbocycles. The number of hydrogen-bond donors (Lipinski definition) is 3. The van der Waals surface area contributed by atoms with E-state index in [1.165, 1.54) is 12.1 Å². The average molecular weight is 262 g/mol. The highest BCUT2D eigenvalue weighted by Gasteiger charge is 2.15. The highest BCUT2D eigenvalue weighted by molar-refractivity contribution is 5.78. The van der Waals surface area contributed by atoms with Crippen LogP contribution in [-0.2, 0) is 12.8 Å². The lowest BCUT2D eigenvalue weighted by molar-refractivity contribution is 0.432. The van der Waals surface area contributed by atoms with Gasteiger partial charge in [-0.05, 0) is 37.5 Å². The number of nitrogen functional groups attached to an aromatic ring is 1. The Bertz CT molecular complexity index is 604. The highest BCUT2D eigenvalue weighted by atomic mass is 19.1. The maximum atomic E-state index is 12.8. The first-order chi connectivity index (χ1) is 8.99. The molecule has 2 rings (SSSR count). The van der Waals surface area contributed by atoms with Gasteiger partial charge in [-0.25, -0.2) is 4.39 Å². The lowest BCUT2D eigenvalue weighted by atomic mass is 10.0. The number of halogens is 1.